The number of nitrogens with zero attached hydrogens (tertiary/aromatic N) is 2. The van der Waals surface area contributed by atoms with Crippen LogP contribution in [0.2, 0.25) is 0 Å². The molecule has 0 aliphatic heterocycles. The highest BCUT2D eigenvalue weighted by atomic mass is 19.2. The van der Waals surface area contributed by atoms with Crippen LogP contribution in [0.3, 0.4) is 0 Å². The van der Waals surface area contributed by atoms with E-state index in [1.165, 1.54) is 0 Å². The molecule has 0 amide bonds. The van der Waals surface area contributed by atoms with Gasteiger partial charge in [0.1, 0.15) is 5.69 Å². The van der Waals surface area contributed by atoms with Gasteiger partial charge in [0.05, 0.1) is 6.04 Å². The molecule has 21 heavy (non-hydrogen) atoms. The van der Waals surface area contributed by atoms with Crippen molar-refractivity contribution in [1.82, 2.24) is 15.5 Å². The Morgan fingerprint density at radius 2 is 1.43 bits per heavy atom. The number of aromatic nitrogens is 2. The molecule has 0 aliphatic carbocycles. The highest BCUT2D eigenvalue weighted by Crippen LogP contribution is 2.29. The molecule has 2 aromatic rings. The van der Waals surface area contributed by atoms with Crippen LogP contribution in [0.4, 0.5) is 33.7 Å². The van der Waals surface area contributed by atoms with Crippen molar-refractivity contribution in [2.45, 2.75) is 13.0 Å². The summed E-state index contributed by atoms with van der Waals surface area (Å²) in [6, 6.07) is -0.861. The van der Waals surface area contributed by atoms with E-state index in [9.17, 15) is 22.0 Å². The predicted molar refractivity (Wildman–Crippen MR) is 61.3 cm³/mol. The van der Waals surface area contributed by atoms with Crippen molar-refractivity contribution >= 4 is 11.7 Å². The smallest absolute Gasteiger partial charge is 0.320 e. The van der Waals surface area contributed by atoms with Crippen molar-refractivity contribution in [3.8, 4) is 0 Å². The van der Waals surface area contributed by atoms with Crippen molar-refractivity contribution in [2.24, 2.45) is 0 Å². The molecule has 2 N–H and O–H groups in total. The maximum atomic E-state index is 13.4. The van der Waals surface area contributed by atoms with E-state index in [4.69, 9.17) is 4.42 Å². The molecule has 0 saturated carbocycles. The SMILES string of the molecule is CNC(C)c1nnc(Nc2c(F)c(F)c(F)c(F)c2F)o1. The van der Waals surface area contributed by atoms with Crippen LogP contribution in [0.1, 0.15) is 18.9 Å². The van der Waals surface area contributed by atoms with Gasteiger partial charge in [0, 0.05) is 0 Å². The third kappa shape index (κ3) is 2.66. The summed E-state index contributed by atoms with van der Waals surface area (Å²) in [4.78, 5) is 0. The van der Waals surface area contributed by atoms with Crippen LogP contribution in [-0.4, -0.2) is 17.2 Å². The molecule has 0 radical (unpaired) electrons. The molecule has 0 saturated heterocycles. The molecular weight excluding hydrogens is 299 g/mol. The molecule has 1 aromatic heterocycles. The molecule has 1 aromatic carbocycles. The summed E-state index contributed by atoms with van der Waals surface area (Å²) in [5.41, 5.74) is -1.27. The molecule has 0 spiro atoms. The average Bonchev–Trinajstić information content (AvgIpc) is 2.95. The fraction of sp³-hybridized carbons (Fsp3) is 0.273. The van der Waals surface area contributed by atoms with Crippen molar-refractivity contribution in [3.63, 3.8) is 0 Å². The van der Waals surface area contributed by atoms with E-state index in [-0.39, 0.29) is 11.9 Å². The number of hydrogen-bond acceptors (Lipinski definition) is 5. The number of benzene rings is 1. The Hall–Kier alpha value is -2.23. The number of rotatable bonds is 4. The van der Waals surface area contributed by atoms with E-state index in [1.807, 2.05) is 5.32 Å². The minimum absolute atomic E-state index is 0.0730. The molecule has 1 atom stereocenters. The Balaban J connectivity index is 2.38. The van der Waals surface area contributed by atoms with Crippen LogP contribution in [0, 0.1) is 29.1 Å². The third-order valence-corrected chi connectivity index (χ3v) is 2.69. The number of anilines is 2. The fourth-order valence-electron chi connectivity index (χ4n) is 1.41. The van der Waals surface area contributed by atoms with Crippen LogP contribution >= 0.6 is 0 Å². The largest absolute Gasteiger partial charge is 0.406 e. The number of nitrogens with one attached hydrogen (secondary N) is 2. The molecule has 0 aliphatic rings. The van der Waals surface area contributed by atoms with Gasteiger partial charge in [-0.15, -0.1) is 5.10 Å². The van der Waals surface area contributed by atoms with Crippen LogP contribution in [0.5, 0.6) is 0 Å². The first-order chi connectivity index (χ1) is 9.86. The van der Waals surface area contributed by atoms with Crippen LogP contribution in [-0.2, 0) is 0 Å². The zero-order valence-electron chi connectivity index (χ0n) is 10.8. The molecule has 1 heterocycles. The van der Waals surface area contributed by atoms with Gasteiger partial charge in [0.15, 0.2) is 23.3 Å². The Morgan fingerprint density at radius 3 is 1.95 bits per heavy atom. The van der Waals surface area contributed by atoms with Crippen molar-refractivity contribution in [3.05, 3.63) is 35.0 Å². The normalized spacial score (nSPS) is 12.5. The van der Waals surface area contributed by atoms with Gasteiger partial charge in [-0.3, -0.25) is 0 Å². The van der Waals surface area contributed by atoms with Crippen LogP contribution < -0.4 is 10.6 Å². The molecule has 1 unspecified atom stereocenters. The Kier molecular flexibility index (Phi) is 4.07. The fourth-order valence-corrected chi connectivity index (χ4v) is 1.41. The number of hydrogen-bond donors (Lipinski definition) is 2. The van der Waals surface area contributed by atoms with Gasteiger partial charge >= 0.3 is 6.01 Å². The summed E-state index contributed by atoms with van der Waals surface area (Å²) >= 11 is 0. The first-order valence-electron chi connectivity index (χ1n) is 5.66. The standard InChI is InChI=1S/C11H9F5N4O/c1-3(17-2)10-19-20-11(21-10)18-9-7(15)5(13)4(12)6(14)8(9)16/h3,17H,1-2H3,(H,18,20). The predicted octanol–water partition coefficient (Wildman–Crippen LogP) is 2.79. The Morgan fingerprint density at radius 1 is 0.905 bits per heavy atom. The summed E-state index contributed by atoms with van der Waals surface area (Å²) in [7, 11) is 1.60. The minimum Gasteiger partial charge on any atom is -0.406 e. The second-order valence-electron chi connectivity index (χ2n) is 4.03. The lowest BCUT2D eigenvalue weighted by Crippen LogP contribution is -2.12. The number of halogens is 5. The Bertz CT molecular complexity index is 646. The third-order valence-electron chi connectivity index (χ3n) is 2.69. The van der Waals surface area contributed by atoms with E-state index in [2.05, 4.69) is 15.5 Å². The van der Waals surface area contributed by atoms with Crippen molar-refractivity contribution < 1.29 is 26.4 Å². The van der Waals surface area contributed by atoms with E-state index < -0.39 is 40.8 Å². The van der Waals surface area contributed by atoms with Gasteiger partial charge in [-0.05, 0) is 14.0 Å². The minimum atomic E-state index is -2.24. The molecule has 10 heteroatoms. The molecule has 5 nitrogen and oxygen atoms in total. The van der Waals surface area contributed by atoms with Gasteiger partial charge in [-0.25, -0.2) is 22.0 Å². The zero-order chi connectivity index (χ0) is 15.7. The highest BCUT2D eigenvalue weighted by Gasteiger charge is 2.27. The first kappa shape index (κ1) is 15.2. The summed E-state index contributed by atoms with van der Waals surface area (Å²) in [6.07, 6.45) is 0. The highest BCUT2D eigenvalue weighted by molar-refractivity contribution is 5.54. The molecule has 114 valence electrons. The maximum Gasteiger partial charge on any atom is 0.320 e. The van der Waals surface area contributed by atoms with Crippen molar-refractivity contribution in [1.29, 1.82) is 0 Å². The lowest BCUT2D eigenvalue weighted by atomic mass is 10.2. The van der Waals surface area contributed by atoms with E-state index in [0.29, 0.717) is 0 Å². The van der Waals surface area contributed by atoms with E-state index >= 15 is 0 Å². The monoisotopic (exact) mass is 308 g/mol. The summed E-state index contributed by atoms with van der Waals surface area (Å²) in [5, 5.41) is 11.6. The van der Waals surface area contributed by atoms with Gasteiger partial charge in [-0.1, -0.05) is 5.10 Å². The lowest BCUT2D eigenvalue weighted by molar-refractivity contribution is 0.381. The second kappa shape index (κ2) is 5.64. The molecule has 2 rings (SSSR count). The zero-order valence-corrected chi connectivity index (χ0v) is 10.8. The summed E-state index contributed by atoms with van der Waals surface area (Å²) in [6.45, 7) is 1.66. The van der Waals surface area contributed by atoms with Gasteiger partial charge in [0.25, 0.3) is 0 Å². The van der Waals surface area contributed by atoms with Crippen LogP contribution in [0.25, 0.3) is 0 Å². The van der Waals surface area contributed by atoms with E-state index in [0.717, 1.165) is 0 Å². The second-order valence-corrected chi connectivity index (χ2v) is 4.03. The molecule has 0 fully saturated rings. The van der Waals surface area contributed by atoms with Crippen LogP contribution in [0.15, 0.2) is 4.42 Å². The van der Waals surface area contributed by atoms with E-state index in [1.54, 1.807) is 14.0 Å². The van der Waals surface area contributed by atoms with Gasteiger partial charge in [-0.2, -0.15) is 0 Å². The van der Waals surface area contributed by atoms with Gasteiger partial charge in [0.2, 0.25) is 11.7 Å². The maximum absolute atomic E-state index is 13.4. The average molecular weight is 308 g/mol. The topological polar surface area (TPSA) is 63.0 Å². The lowest BCUT2D eigenvalue weighted by Gasteiger charge is -2.07. The Labute approximate surface area is 115 Å². The van der Waals surface area contributed by atoms with Crippen molar-refractivity contribution in [2.75, 3.05) is 12.4 Å². The summed E-state index contributed by atoms with van der Waals surface area (Å²) in [5.74, 6) is -10.4. The van der Waals surface area contributed by atoms with Gasteiger partial charge < -0.3 is 15.1 Å². The first-order valence-corrected chi connectivity index (χ1v) is 5.66. The molecular formula is C11H9F5N4O. The summed E-state index contributed by atoms with van der Waals surface area (Å²) < 4.78 is 70.8. The quantitative estimate of drug-likeness (QED) is 0.516. The molecule has 0 bridgehead atoms.